The summed E-state index contributed by atoms with van der Waals surface area (Å²) < 4.78 is 33.0. The molecule has 0 aliphatic rings. The molecule has 0 unspecified atom stereocenters. The molecule has 2 atom stereocenters. The summed E-state index contributed by atoms with van der Waals surface area (Å²) in [6.45, 7) is 5.44. The zero-order valence-corrected chi connectivity index (χ0v) is 35.3. The molecule has 62 heavy (non-hydrogen) atoms. The van der Waals surface area contributed by atoms with Crippen LogP contribution in [0.15, 0.2) is 109 Å². The number of esters is 1. The molecule has 4 N–H and O–H groups in total. The van der Waals surface area contributed by atoms with E-state index in [-0.39, 0.29) is 26.1 Å². The average Bonchev–Trinajstić information content (AvgIpc) is 3.86. The molecule has 0 aliphatic carbocycles. The van der Waals surface area contributed by atoms with E-state index in [4.69, 9.17) is 28.4 Å². The monoisotopic (exact) mass is 850 g/mol. The van der Waals surface area contributed by atoms with Crippen LogP contribution in [-0.2, 0) is 54.6 Å². The molecule has 6 rings (SSSR count). The zero-order chi connectivity index (χ0) is 44.8. The van der Waals surface area contributed by atoms with E-state index in [1.807, 2.05) is 72.8 Å². The van der Waals surface area contributed by atoms with Gasteiger partial charge in [-0.1, -0.05) is 72.8 Å². The van der Waals surface area contributed by atoms with Gasteiger partial charge in [0.05, 0.1) is 26.8 Å². The number of amides is 2. The Morgan fingerprint density at radius 2 is 1.21 bits per heavy atom. The summed E-state index contributed by atoms with van der Waals surface area (Å²) in [5.74, 6) is -0.653. The van der Waals surface area contributed by atoms with Crippen LogP contribution in [0.2, 0.25) is 0 Å². The third kappa shape index (κ3) is 12.3. The molecule has 16 nitrogen and oxygen atoms in total. The Kier molecular flexibility index (Phi) is 15.6. The third-order valence-corrected chi connectivity index (χ3v) is 9.29. The molecule has 0 saturated heterocycles. The van der Waals surface area contributed by atoms with E-state index in [0.717, 1.165) is 27.6 Å². The van der Waals surface area contributed by atoms with E-state index in [2.05, 4.69) is 15.6 Å². The van der Waals surface area contributed by atoms with Crippen molar-refractivity contribution in [2.24, 2.45) is 0 Å². The molecule has 6 aromatic rings. The molecule has 0 fully saturated rings. The van der Waals surface area contributed by atoms with Gasteiger partial charge in [-0.3, -0.25) is 4.57 Å². The van der Waals surface area contributed by atoms with Crippen LogP contribution in [0.25, 0.3) is 21.8 Å². The lowest BCUT2D eigenvalue weighted by Crippen LogP contribution is -2.43. The Bertz CT molecular complexity index is 2470. The second-order valence-electron chi connectivity index (χ2n) is 14.8. The molecular weight excluding hydrogens is 801 g/mol. The summed E-state index contributed by atoms with van der Waals surface area (Å²) in [6, 6.07) is 26.9. The first kappa shape index (κ1) is 45.6. The standard InChI is InChI=1S/C26H30N2O7.C20H20N2O5/c1-26(2,3)35-25(31)28-15-18(22-20(28)12-9-13-21(22)32-4)14-19(23(29)33-5)27-24(30)34-16-17-10-7-6-8-11-17;1-26-17-9-5-8-15-18(17)14(11-21-15)10-16(19(23)24)22-20(25)27-12-13-6-3-2-4-7-13/h6-13,15,19H,14,16H2,1-5H3,(H,27,30);2-9,11,16,21H,10,12H2,1H3,(H,22,25)(H,23,24)/t19-;16-/m00/s1. The number of nitrogens with one attached hydrogen (secondary N) is 3. The largest absolute Gasteiger partial charge is 0.496 e. The van der Waals surface area contributed by atoms with Crippen LogP contribution in [0.5, 0.6) is 11.5 Å². The number of nitrogens with zero attached hydrogens (tertiary/aromatic N) is 1. The Morgan fingerprint density at radius 1 is 0.677 bits per heavy atom. The smallest absolute Gasteiger partial charge is 0.419 e. The number of hydrogen-bond donors (Lipinski definition) is 4. The highest BCUT2D eigenvalue weighted by molar-refractivity contribution is 5.96. The minimum atomic E-state index is -1.14. The molecule has 2 amide bonds. The number of alkyl carbamates (subject to hydrolysis) is 2. The maximum atomic E-state index is 12.9. The quantitative estimate of drug-likeness (QED) is 0.0620. The summed E-state index contributed by atoms with van der Waals surface area (Å²) in [6.07, 6.45) is 1.29. The van der Waals surface area contributed by atoms with Gasteiger partial charge in [0.15, 0.2) is 0 Å². The minimum absolute atomic E-state index is 0.0276. The fourth-order valence-corrected chi connectivity index (χ4v) is 6.46. The Labute approximate surface area is 358 Å². The SMILES string of the molecule is COC(=O)[C@H](Cc1cn(C(=O)OC(C)(C)C)c2cccc(OC)c12)NC(=O)OCc1ccccc1.COc1cccc2[nH]cc(C[C@H](NC(=O)OCc3ccccc3)C(=O)O)c12. The number of ether oxygens (including phenoxy) is 6. The maximum Gasteiger partial charge on any atom is 0.419 e. The molecular formula is C46H50N4O12. The number of aliphatic carboxylic acids is 1. The number of methoxy groups -OCH3 is 3. The molecule has 16 heteroatoms. The first-order chi connectivity index (χ1) is 29.7. The highest BCUT2D eigenvalue weighted by Gasteiger charge is 2.28. The lowest BCUT2D eigenvalue weighted by atomic mass is 10.0. The molecule has 326 valence electrons. The van der Waals surface area contributed by atoms with Gasteiger partial charge < -0.3 is 49.1 Å². The van der Waals surface area contributed by atoms with E-state index in [9.17, 15) is 29.1 Å². The topological polar surface area (TPSA) is 206 Å². The number of hydrogen-bond acceptors (Lipinski definition) is 11. The van der Waals surface area contributed by atoms with Crippen molar-refractivity contribution in [1.29, 1.82) is 0 Å². The molecule has 2 aromatic heterocycles. The van der Waals surface area contributed by atoms with Crippen molar-refractivity contribution in [3.8, 4) is 11.5 Å². The van der Waals surface area contributed by atoms with E-state index < -0.39 is 47.9 Å². The number of rotatable bonds is 14. The Morgan fingerprint density at radius 3 is 1.74 bits per heavy atom. The first-order valence-electron chi connectivity index (χ1n) is 19.5. The molecule has 2 heterocycles. The number of carboxylic acids is 1. The summed E-state index contributed by atoms with van der Waals surface area (Å²) in [7, 11) is 4.30. The van der Waals surface area contributed by atoms with Crippen LogP contribution in [0.4, 0.5) is 14.4 Å². The highest BCUT2D eigenvalue weighted by atomic mass is 16.6. The third-order valence-electron chi connectivity index (χ3n) is 9.29. The van der Waals surface area contributed by atoms with Crippen LogP contribution in [-0.4, -0.2) is 83.9 Å². The van der Waals surface area contributed by atoms with Crippen LogP contribution >= 0.6 is 0 Å². The van der Waals surface area contributed by atoms with Crippen LogP contribution < -0.4 is 20.1 Å². The average molecular weight is 851 g/mol. The normalized spacial score (nSPS) is 11.9. The number of benzene rings is 4. The van der Waals surface area contributed by atoms with Crippen molar-refractivity contribution in [3.63, 3.8) is 0 Å². The van der Waals surface area contributed by atoms with E-state index in [1.54, 1.807) is 64.5 Å². The van der Waals surface area contributed by atoms with Crippen molar-refractivity contribution < 1.29 is 57.5 Å². The Balaban J connectivity index is 0.000000242. The fraction of sp³-hybridized carbons (Fsp3) is 0.283. The second kappa shape index (κ2) is 21.2. The van der Waals surface area contributed by atoms with Crippen molar-refractivity contribution >= 4 is 52.0 Å². The Hall–Kier alpha value is -7.49. The van der Waals surface area contributed by atoms with Gasteiger partial charge in [-0.2, -0.15) is 0 Å². The van der Waals surface area contributed by atoms with Gasteiger partial charge in [0.1, 0.15) is 42.4 Å². The van der Waals surface area contributed by atoms with E-state index in [0.29, 0.717) is 28.0 Å². The van der Waals surface area contributed by atoms with Gasteiger partial charge in [0.2, 0.25) is 0 Å². The minimum Gasteiger partial charge on any atom is -0.496 e. The van der Waals surface area contributed by atoms with Crippen LogP contribution in [0, 0.1) is 0 Å². The fourth-order valence-electron chi connectivity index (χ4n) is 6.46. The maximum absolute atomic E-state index is 12.9. The van der Waals surface area contributed by atoms with Gasteiger partial charge in [0.25, 0.3) is 0 Å². The first-order valence-corrected chi connectivity index (χ1v) is 19.5. The molecule has 0 saturated carbocycles. The van der Waals surface area contributed by atoms with Gasteiger partial charge >= 0.3 is 30.2 Å². The van der Waals surface area contributed by atoms with Gasteiger partial charge in [-0.25, -0.2) is 24.0 Å². The lowest BCUT2D eigenvalue weighted by Gasteiger charge is -2.19. The number of H-pyrrole nitrogens is 1. The summed E-state index contributed by atoms with van der Waals surface area (Å²) in [4.78, 5) is 64.6. The molecule has 4 aromatic carbocycles. The van der Waals surface area contributed by atoms with Crippen molar-refractivity contribution in [1.82, 2.24) is 20.2 Å². The summed E-state index contributed by atoms with van der Waals surface area (Å²) in [5, 5.41) is 15.9. The number of aromatic nitrogens is 2. The molecule has 0 radical (unpaired) electrons. The van der Waals surface area contributed by atoms with Crippen LogP contribution in [0.3, 0.4) is 0 Å². The number of aromatic amines is 1. The lowest BCUT2D eigenvalue weighted by molar-refractivity contribution is -0.143. The summed E-state index contributed by atoms with van der Waals surface area (Å²) in [5.41, 5.74) is 3.62. The van der Waals surface area contributed by atoms with Crippen molar-refractivity contribution in [2.75, 3.05) is 21.3 Å². The van der Waals surface area contributed by atoms with Gasteiger partial charge in [0, 0.05) is 41.5 Å². The zero-order valence-electron chi connectivity index (χ0n) is 35.3. The second-order valence-corrected chi connectivity index (χ2v) is 14.8. The predicted molar refractivity (Wildman–Crippen MR) is 229 cm³/mol. The number of fused-ring (bicyclic) bond motifs is 2. The molecule has 0 bridgehead atoms. The number of carbonyl (C=O) groups excluding carboxylic acids is 4. The summed E-state index contributed by atoms with van der Waals surface area (Å²) >= 11 is 0. The van der Waals surface area contributed by atoms with Crippen LogP contribution in [0.1, 0.15) is 43.0 Å². The predicted octanol–water partition coefficient (Wildman–Crippen LogP) is 7.54. The number of carbonyl (C=O) groups is 5. The van der Waals surface area contributed by atoms with Crippen molar-refractivity contribution in [2.45, 2.75) is 64.5 Å². The van der Waals surface area contributed by atoms with Crippen molar-refractivity contribution in [3.05, 3.63) is 132 Å². The van der Waals surface area contributed by atoms with E-state index >= 15 is 0 Å². The molecule has 0 spiro atoms. The molecule has 0 aliphatic heterocycles. The highest BCUT2D eigenvalue weighted by Crippen LogP contribution is 2.33. The van der Waals surface area contributed by atoms with E-state index in [1.165, 1.54) is 18.8 Å². The van der Waals surface area contributed by atoms with Gasteiger partial charge in [-0.05, 0) is 67.3 Å². The van der Waals surface area contributed by atoms with Gasteiger partial charge in [-0.15, -0.1) is 0 Å². The number of carboxylic acid groups (broad SMARTS) is 1.